The van der Waals surface area contributed by atoms with Crippen LogP contribution in [0.15, 0.2) is 59.8 Å². The van der Waals surface area contributed by atoms with Crippen molar-refractivity contribution >= 4 is 33.0 Å². The number of nitrogens with zero attached hydrogens (tertiary/aromatic N) is 3. The van der Waals surface area contributed by atoms with Crippen molar-refractivity contribution in [3.8, 4) is 0 Å². The first-order valence-electron chi connectivity index (χ1n) is 7.83. The molecular formula is C17H18ClN3O3S. The van der Waals surface area contributed by atoms with Crippen LogP contribution in [-0.4, -0.2) is 35.6 Å². The lowest BCUT2D eigenvalue weighted by molar-refractivity contribution is 0.179. The molecule has 0 aliphatic rings. The zero-order chi connectivity index (χ0) is 18.0. The third-order valence-corrected chi connectivity index (χ3v) is 6.07. The first kappa shape index (κ1) is 17.7. The number of benzene rings is 1. The second kappa shape index (κ2) is 7.03. The third kappa shape index (κ3) is 3.35. The van der Waals surface area contributed by atoms with E-state index in [0.717, 1.165) is 0 Å². The Labute approximate surface area is 151 Å². The standard InChI is InChI=1S/C17H18ClN3O3S/c1-2-14(22)12-21(13-8-4-3-5-9-13)25(23,24)17-16(18)19-15-10-6-7-11-20(15)17/h3-11,14,22H,2,12H2,1H3. The summed E-state index contributed by atoms with van der Waals surface area (Å²) in [5.74, 6) is 0. The Morgan fingerprint density at radius 3 is 2.56 bits per heavy atom. The molecule has 3 rings (SSSR count). The van der Waals surface area contributed by atoms with Crippen molar-refractivity contribution in [2.24, 2.45) is 0 Å². The van der Waals surface area contributed by atoms with Crippen molar-refractivity contribution in [3.05, 3.63) is 59.9 Å². The summed E-state index contributed by atoms with van der Waals surface area (Å²) in [7, 11) is -4.03. The van der Waals surface area contributed by atoms with Crippen molar-refractivity contribution < 1.29 is 13.5 Å². The molecule has 8 heteroatoms. The average Bonchev–Trinajstić information content (AvgIpc) is 2.96. The van der Waals surface area contributed by atoms with Gasteiger partial charge in [0.25, 0.3) is 10.0 Å². The number of para-hydroxylation sites is 1. The summed E-state index contributed by atoms with van der Waals surface area (Å²) >= 11 is 6.15. The minimum absolute atomic E-state index is 0.0702. The molecule has 0 aliphatic carbocycles. The number of aliphatic hydroxyl groups is 1. The zero-order valence-electron chi connectivity index (χ0n) is 13.6. The number of hydrogen-bond donors (Lipinski definition) is 1. The molecule has 0 amide bonds. The number of halogens is 1. The molecule has 0 fully saturated rings. The smallest absolute Gasteiger partial charge is 0.283 e. The van der Waals surface area contributed by atoms with Gasteiger partial charge in [-0.1, -0.05) is 42.8 Å². The number of imidazole rings is 1. The van der Waals surface area contributed by atoms with E-state index in [9.17, 15) is 13.5 Å². The van der Waals surface area contributed by atoms with Crippen molar-refractivity contribution in [2.45, 2.75) is 24.5 Å². The van der Waals surface area contributed by atoms with E-state index >= 15 is 0 Å². The van der Waals surface area contributed by atoms with Crippen LogP contribution in [0.1, 0.15) is 13.3 Å². The maximum absolute atomic E-state index is 13.3. The molecular weight excluding hydrogens is 362 g/mol. The summed E-state index contributed by atoms with van der Waals surface area (Å²) in [5, 5.41) is 9.86. The molecule has 0 saturated heterocycles. The van der Waals surface area contributed by atoms with Crippen LogP contribution in [0.25, 0.3) is 5.65 Å². The number of pyridine rings is 1. The molecule has 0 aliphatic heterocycles. The van der Waals surface area contributed by atoms with Gasteiger partial charge in [-0.2, -0.15) is 8.42 Å². The fraction of sp³-hybridized carbons (Fsp3) is 0.235. The molecule has 2 heterocycles. The highest BCUT2D eigenvalue weighted by molar-refractivity contribution is 7.92. The van der Waals surface area contributed by atoms with Gasteiger partial charge in [0.1, 0.15) is 5.65 Å². The lowest BCUT2D eigenvalue weighted by atomic mass is 10.2. The van der Waals surface area contributed by atoms with Gasteiger partial charge in [-0.05, 0) is 30.7 Å². The molecule has 0 spiro atoms. The average molecular weight is 380 g/mol. The molecule has 1 unspecified atom stereocenters. The first-order chi connectivity index (χ1) is 11.9. The van der Waals surface area contributed by atoms with E-state index in [1.165, 1.54) is 8.71 Å². The highest BCUT2D eigenvalue weighted by Gasteiger charge is 2.32. The van der Waals surface area contributed by atoms with Crippen LogP contribution in [0.5, 0.6) is 0 Å². The Kier molecular flexibility index (Phi) is 4.99. The van der Waals surface area contributed by atoms with Gasteiger partial charge in [-0.25, -0.2) is 4.98 Å². The molecule has 6 nitrogen and oxygen atoms in total. The van der Waals surface area contributed by atoms with Gasteiger partial charge in [0.15, 0.2) is 10.2 Å². The molecule has 1 N–H and O–H groups in total. The number of aliphatic hydroxyl groups excluding tert-OH is 1. The van der Waals surface area contributed by atoms with Crippen LogP contribution >= 0.6 is 11.6 Å². The van der Waals surface area contributed by atoms with E-state index in [0.29, 0.717) is 17.8 Å². The van der Waals surface area contributed by atoms with E-state index in [1.807, 2.05) is 0 Å². The van der Waals surface area contributed by atoms with E-state index in [1.54, 1.807) is 61.7 Å². The number of sulfonamides is 1. The zero-order valence-corrected chi connectivity index (χ0v) is 15.2. The maximum Gasteiger partial charge on any atom is 0.283 e. The highest BCUT2D eigenvalue weighted by atomic mass is 35.5. The molecule has 1 atom stereocenters. The third-order valence-electron chi connectivity index (χ3n) is 3.87. The highest BCUT2D eigenvalue weighted by Crippen LogP contribution is 2.29. The fourth-order valence-electron chi connectivity index (χ4n) is 2.54. The van der Waals surface area contributed by atoms with E-state index < -0.39 is 16.1 Å². The van der Waals surface area contributed by atoms with Crippen molar-refractivity contribution in [2.75, 3.05) is 10.8 Å². The summed E-state index contributed by atoms with van der Waals surface area (Å²) in [5.41, 5.74) is 0.895. The quantitative estimate of drug-likeness (QED) is 0.714. The van der Waals surface area contributed by atoms with Gasteiger partial charge in [0, 0.05) is 6.20 Å². The Balaban J connectivity index is 2.18. The first-order valence-corrected chi connectivity index (χ1v) is 9.65. The van der Waals surface area contributed by atoms with Crippen LogP contribution in [0.3, 0.4) is 0 Å². The summed E-state index contributed by atoms with van der Waals surface area (Å²) in [6.07, 6.45) is 1.23. The SMILES string of the molecule is CCC(O)CN(c1ccccc1)S(=O)(=O)c1c(Cl)nc2ccccn12. The molecule has 132 valence electrons. The maximum atomic E-state index is 13.3. The number of anilines is 1. The van der Waals surface area contributed by atoms with Crippen LogP contribution in [0.2, 0.25) is 5.15 Å². The Hall–Kier alpha value is -2.09. The molecule has 1 aromatic carbocycles. The fourth-order valence-corrected chi connectivity index (χ4v) is 4.64. The van der Waals surface area contributed by atoms with Gasteiger partial charge < -0.3 is 5.11 Å². The van der Waals surface area contributed by atoms with E-state index in [-0.39, 0.29) is 16.7 Å². The molecule has 25 heavy (non-hydrogen) atoms. The Morgan fingerprint density at radius 1 is 1.20 bits per heavy atom. The Bertz CT molecular complexity index is 973. The van der Waals surface area contributed by atoms with Crippen molar-refractivity contribution in [1.82, 2.24) is 9.38 Å². The second-order valence-electron chi connectivity index (χ2n) is 5.57. The number of rotatable bonds is 6. The van der Waals surface area contributed by atoms with Gasteiger partial charge in [-0.3, -0.25) is 8.71 Å². The van der Waals surface area contributed by atoms with Gasteiger partial charge >= 0.3 is 0 Å². The molecule has 3 aromatic rings. The number of fused-ring (bicyclic) bond motifs is 1. The number of aromatic nitrogens is 2. The van der Waals surface area contributed by atoms with Crippen LogP contribution in [-0.2, 0) is 10.0 Å². The predicted octanol–water partition coefficient (Wildman–Crippen LogP) is 2.95. The van der Waals surface area contributed by atoms with Crippen LogP contribution in [0, 0.1) is 0 Å². The molecule has 2 aromatic heterocycles. The van der Waals surface area contributed by atoms with Crippen LogP contribution in [0.4, 0.5) is 5.69 Å². The predicted molar refractivity (Wildman–Crippen MR) is 97.5 cm³/mol. The molecule has 0 radical (unpaired) electrons. The van der Waals surface area contributed by atoms with Gasteiger partial charge in [-0.15, -0.1) is 0 Å². The minimum atomic E-state index is -4.03. The summed E-state index contributed by atoms with van der Waals surface area (Å²) < 4.78 is 29.3. The van der Waals surface area contributed by atoms with Gasteiger partial charge in [0.2, 0.25) is 0 Å². The van der Waals surface area contributed by atoms with E-state index in [4.69, 9.17) is 11.6 Å². The topological polar surface area (TPSA) is 74.9 Å². The second-order valence-corrected chi connectivity index (χ2v) is 7.71. The monoisotopic (exact) mass is 379 g/mol. The largest absolute Gasteiger partial charge is 0.391 e. The normalized spacial score (nSPS) is 13.1. The lowest BCUT2D eigenvalue weighted by Gasteiger charge is -2.26. The molecule has 0 bridgehead atoms. The summed E-state index contributed by atoms with van der Waals surface area (Å²) in [4.78, 5) is 4.11. The Morgan fingerprint density at radius 2 is 1.88 bits per heavy atom. The minimum Gasteiger partial charge on any atom is -0.391 e. The van der Waals surface area contributed by atoms with Crippen molar-refractivity contribution in [1.29, 1.82) is 0 Å². The van der Waals surface area contributed by atoms with Gasteiger partial charge in [0.05, 0.1) is 18.3 Å². The van der Waals surface area contributed by atoms with E-state index in [2.05, 4.69) is 4.98 Å². The molecule has 0 saturated carbocycles. The van der Waals surface area contributed by atoms with Crippen molar-refractivity contribution in [3.63, 3.8) is 0 Å². The summed E-state index contributed by atoms with van der Waals surface area (Å²) in [6, 6.07) is 13.8. The summed E-state index contributed by atoms with van der Waals surface area (Å²) in [6.45, 7) is 1.72. The lowest BCUT2D eigenvalue weighted by Crippen LogP contribution is -2.38. The number of hydrogen-bond acceptors (Lipinski definition) is 4. The van der Waals surface area contributed by atoms with Crippen LogP contribution < -0.4 is 4.31 Å².